The van der Waals surface area contributed by atoms with E-state index in [4.69, 9.17) is 9.15 Å². The molecule has 106 valence electrons. The minimum Gasteiger partial charge on any atom is -0.462 e. The van der Waals surface area contributed by atoms with E-state index in [1.807, 2.05) is 37.3 Å². The van der Waals surface area contributed by atoms with Gasteiger partial charge in [-0.3, -0.25) is 0 Å². The molecule has 0 aliphatic carbocycles. The molecule has 21 heavy (non-hydrogen) atoms. The van der Waals surface area contributed by atoms with E-state index in [-0.39, 0.29) is 6.61 Å². The monoisotopic (exact) mass is 299 g/mol. The molecule has 0 saturated carbocycles. The van der Waals surface area contributed by atoms with Gasteiger partial charge in [0, 0.05) is 6.08 Å². The molecule has 3 rings (SSSR count). The number of hydrogen-bond acceptors (Lipinski definition) is 5. The van der Waals surface area contributed by atoms with Crippen molar-refractivity contribution in [3.63, 3.8) is 0 Å². The molecule has 0 radical (unpaired) electrons. The van der Waals surface area contributed by atoms with Gasteiger partial charge in [0.15, 0.2) is 0 Å². The van der Waals surface area contributed by atoms with Crippen LogP contribution in [0.25, 0.3) is 16.3 Å². The van der Waals surface area contributed by atoms with E-state index in [9.17, 15) is 4.79 Å². The van der Waals surface area contributed by atoms with E-state index >= 15 is 0 Å². The van der Waals surface area contributed by atoms with Crippen molar-refractivity contribution in [3.05, 3.63) is 59.0 Å². The Bertz CT molecular complexity index is 768. The lowest BCUT2D eigenvalue weighted by atomic mass is 10.3. The van der Waals surface area contributed by atoms with Crippen LogP contribution >= 0.6 is 11.3 Å². The number of aryl methyl sites for hydroxylation is 1. The number of hydrogen-bond donors (Lipinski definition) is 0. The van der Waals surface area contributed by atoms with Gasteiger partial charge in [0.1, 0.15) is 23.1 Å². The van der Waals surface area contributed by atoms with Gasteiger partial charge in [-0.15, -0.1) is 11.3 Å². The Morgan fingerprint density at radius 3 is 2.95 bits per heavy atom. The summed E-state index contributed by atoms with van der Waals surface area (Å²) >= 11 is 1.53. The fraction of sp³-hybridized carbons (Fsp3) is 0.125. The zero-order chi connectivity index (χ0) is 14.7. The van der Waals surface area contributed by atoms with E-state index < -0.39 is 5.97 Å². The SMILES string of the molecule is Cc1ccc(/C=C/C(=O)OCc2nc3ccccc3s2)o1. The predicted molar refractivity (Wildman–Crippen MR) is 81.9 cm³/mol. The van der Waals surface area contributed by atoms with E-state index in [1.165, 1.54) is 17.4 Å². The zero-order valence-electron chi connectivity index (χ0n) is 11.4. The number of benzene rings is 1. The summed E-state index contributed by atoms with van der Waals surface area (Å²) in [6.07, 6.45) is 2.94. The Kier molecular flexibility index (Phi) is 3.83. The van der Waals surface area contributed by atoms with Gasteiger partial charge < -0.3 is 9.15 Å². The molecule has 0 amide bonds. The van der Waals surface area contributed by atoms with Gasteiger partial charge in [0.2, 0.25) is 0 Å². The van der Waals surface area contributed by atoms with Crippen LogP contribution < -0.4 is 0 Å². The van der Waals surface area contributed by atoms with Crippen molar-refractivity contribution in [2.45, 2.75) is 13.5 Å². The second-order valence-electron chi connectivity index (χ2n) is 4.46. The Morgan fingerprint density at radius 2 is 2.19 bits per heavy atom. The van der Waals surface area contributed by atoms with Gasteiger partial charge in [0.05, 0.1) is 10.2 Å². The van der Waals surface area contributed by atoms with Crippen molar-refractivity contribution in [3.8, 4) is 0 Å². The summed E-state index contributed by atoms with van der Waals surface area (Å²) in [5.74, 6) is 1.02. The molecule has 0 aliphatic rings. The van der Waals surface area contributed by atoms with E-state index in [0.717, 1.165) is 21.0 Å². The summed E-state index contributed by atoms with van der Waals surface area (Å²) in [5, 5.41) is 0.784. The van der Waals surface area contributed by atoms with Gasteiger partial charge in [-0.1, -0.05) is 12.1 Å². The lowest BCUT2D eigenvalue weighted by molar-refractivity contribution is -0.138. The van der Waals surface area contributed by atoms with Gasteiger partial charge in [-0.25, -0.2) is 9.78 Å². The molecule has 2 heterocycles. The van der Waals surface area contributed by atoms with Crippen LogP contribution in [0, 0.1) is 6.92 Å². The third-order valence-corrected chi connectivity index (χ3v) is 3.83. The number of aromatic nitrogens is 1. The highest BCUT2D eigenvalue weighted by Crippen LogP contribution is 2.22. The number of esters is 1. The minimum atomic E-state index is -0.414. The predicted octanol–water partition coefficient (Wildman–Crippen LogP) is 3.95. The average molecular weight is 299 g/mol. The van der Waals surface area contributed by atoms with Crippen LogP contribution in [0.4, 0.5) is 0 Å². The summed E-state index contributed by atoms with van der Waals surface area (Å²) in [6.45, 7) is 2.03. The van der Waals surface area contributed by atoms with Crippen LogP contribution in [0.15, 0.2) is 46.9 Å². The largest absolute Gasteiger partial charge is 0.462 e. The Labute approximate surface area is 125 Å². The molecule has 0 bridgehead atoms. The highest BCUT2D eigenvalue weighted by atomic mass is 32.1. The number of nitrogens with zero attached hydrogens (tertiary/aromatic N) is 1. The maximum atomic E-state index is 11.6. The minimum absolute atomic E-state index is 0.180. The molecule has 0 fully saturated rings. The van der Waals surface area contributed by atoms with Crippen molar-refractivity contribution < 1.29 is 13.9 Å². The number of para-hydroxylation sites is 1. The Hall–Kier alpha value is -2.40. The molecule has 0 spiro atoms. The molecular weight excluding hydrogens is 286 g/mol. The van der Waals surface area contributed by atoms with Crippen LogP contribution in [-0.2, 0) is 16.1 Å². The lowest BCUT2D eigenvalue weighted by Crippen LogP contribution is -2.00. The van der Waals surface area contributed by atoms with E-state index in [2.05, 4.69) is 4.98 Å². The maximum absolute atomic E-state index is 11.6. The molecule has 4 nitrogen and oxygen atoms in total. The highest BCUT2D eigenvalue weighted by Gasteiger charge is 2.05. The first-order valence-electron chi connectivity index (χ1n) is 6.46. The molecule has 1 aromatic carbocycles. The summed E-state index contributed by atoms with van der Waals surface area (Å²) in [7, 11) is 0. The topological polar surface area (TPSA) is 52.3 Å². The molecule has 0 saturated heterocycles. The smallest absolute Gasteiger partial charge is 0.331 e. The second kappa shape index (κ2) is 5.93. The number of fused-ring (bicyclic) bond motifs is 1. The fourth-order valence-electron chi connectivity index (χ4n) is 1.86. The van der Waals surface area contributed by atoms with E-state index in [1.54, 1.807) is 12.1 Å². The summed E-state index contributed by atoms with van der Waals surface area (Å²) in [5.41, 5.74) is 0.926. The van der Waals surface area contributed by atoms with Crippen molar-refractivity contribution in [2.24, 2.45) is 0 Å². The first-order valence-corrected chi connectivity index (χ1v) is 7.28. The maximum Gasteiger partial charge on any atom is 0.331 e. The summed E-state index contributed by atoms with van der Waals surface area (Å²) < 4.78 is 11.6. The number of thiazole rings is 1. The first-order chi connectivity index (χ1) is 10.2. The van der Waals surface area contributed by atoms with Gasteiger partial charge >= 0.3 is 5.97 Å². The summed E-state index contributed by atoms with van der Waals surface area (Å²) in [6, 6.07) is 11.5. The second-order valence-corrected chi connectivity index (χ2v) is 5.58. The van der Waals surface area contributed by atoms with Crippen LogP contribution in [0.1, 0.15) is 16.5 Å². The number of carbonyl (C=O) groups excluding carboxylic acids is 1. The molecular formula is C16H13NO3S. The molecule has 0 aliphatic heterocycles. The Balaban J connectivity index is 1.59. The fourth-order valence-corrected chi connectivity index (χ4v) is 2.74. The average Bonchev–Trinajstić information content (AvgIpc) is 3.08. The molecule has 0 N–H and O–H groups in total. The molecule has 5 heteroatoms. The Morgan fingerprint density at radius 1 is 1.33 bits per heavy atom. The molecule has 0 atom stereocenters. The van der Waals surface area contributed by atoms with Crippen molar-refractivity contribution in [1.82, 2.24) is 4.98 Å². The number of carbonyl (C=O) groups is 1. The van der Waals surface area contributed by atoms with Gasteiger partial charge in [0.25, 0.3) is 0 Å². The third kappa shape index (κ3) is 3.38. The first kappa shape index (κ1) is 13.6. The molecule has 0 unspecified atom stereocenters. The van der Waals surface area contributed by atoms with Crippen LogP contribution in [0.2, 0.25) is 0 Å². The molecule has 3 aromatic rings. The van der Waals surface area contributed by atoms with Crippen LogP contribution in [0.5, 0.6) is 0 Å². The van der Waals surface area contributed by atoms with Gasteiger partial charge in [-0.05, 0) is 37.3 Å². The number of furan rings is 1. The van der Waals surface area contributed by atoms with E-state index in [0.29, 0.717) is 5.76 Å². The lowest BCUT2D eigenvalue weighted by Gasteiger charge is -1.97. The van der Waals surface area contributed by atoms with Crippen molar-refractivity contribution in [1.29, 1.82) is 0 Å². The zero-order valence-corrected chi connectivity index (χ0v) is 12.2. The number of rotatable bonds is 4. The molecule has 2 aromatic heterocycles. The number of ether oxygens (including phenoxy) is 1. The van der Waals surface area contributed by atoms with Crippen molar-refractivity contribution >= 4 is 33.6 Å². The van der Waals surface area contributed by atoms with Crippen molar-refractivity contribution in [2.75, 3.05) is 0 Å². The standard InChI is InChI=1S/C16H13NO3S/c1-11-6-7-12(20-11)8-9-16(18)19-10-15-17-13-4-2-3-5-14(13)21-15/h2-9H,10H2,1H3/b9-8+. The van der Waals surface area contributed by atoms with Gasteiger partial charge in [-0.2, -0.15) is 0 Å². The van der Waals surface area contributed by atoms with Crippen LogP contribution in [-0.4, -0.2) is 11.0 Å². The highest BCUT2D eigenvalue weighted by molar-refractivity contribution is 7.18. The quantitative estimate of drug-likeness (QED) is 0.540. The normalized spacial score (nSPS) is 11.3. The summed E-state index contributed by atoms with van der Waals surface area (Å²) in [4.78, 5) is 16.0. The third-order valence-electron chi connectivity index (χ3n) is 2.82. The van der Waals surface area contributed by atoms with Crippen LogP contribution in [0.3, 0.4) is 0 Å².